The van der Waals surface area contributed by atoms with Crippen LogP contribution in [0.4, 0.5) is 0 Å². The van der Waals surface area contributed by atoms with Gasteiger partial charge in [0.05, 0.1) is 18.2 Å². The minimum atomic E-state index is -0.750. The molecular weight excluding hydrogens is 422 g/mol. The van der Waals surface area contributed by atoms with Crippen LogP contribution < -0.4 is 20.1 Å². The number of carbonyl (C=O) groups excluding carboxylic acids is 2. The molecule has 0 spiro atoms. The summed E-state index contributed by atoms with van der Waals surface area (Å²) in [5, 5.41) is 10.1. The van der Waals surface area contributed by atoms with Gasteiger partial charge in [0.25, 0.3) is 5.91 Å². The molecule has 9 nitrogen and oxygen atoms in total. The first-order valence-electron chi connectivity index (χ1n) is 10.9. The molecule has 4 rings (SSSR count). The smallest absolute Gasteiger partial charge is 0.255 e. The summed E-state index contributed by atoms with van der Waals surface area (Å²) >= 11 is 0. The third-order valence-electron chi connectivity index (χ3n) is 5.40. The molecule has 172 valence electrons. The van der Waals surface area contributed by atoms with Gasteiger partial charge in [0.15, 0.2) is 11.5 Å². The SMILES string of the molecule is CC(C)[C@H](NC(=O)c1cccc2c1OCCO2)C(=O)N[C@@H](Cn1cncn1)c1ccccc1. The Morgan fingerprint density at radius 3 is 2.55 bits per heavy atom. The van der Waals surface area contributed by atoms with E-state index >= 15 is 0 Å². The number of carbonyl (C=O) groups is 2. The summed E-state index contributed by atoms with van der Waals surface area (Å²) < 4.78 is 12.9. The van der Waals surface area contributed by atoms with Crippen molar-refractivity contribution in [3.05, 3.63) is 72.3 Å². The molecule has 1 aliphatic heterocycles. The van der Waals surface area contributed by atoms with E-state index in [1.807, 2.05) is 44.2 Å². The normalized spacial score (nSPS) is 14.4. The van der Waals surface area contributed by atoms with Gasteiger partial charge < -0.3 is 20.1 Å². The van der Waals surface area contributed by atoms with Crippen LogP contribution >= 0.6 is 0 Å². The number of para-hydroxylation sites is 1. The number of ether oxygens (including phenoxy) is 2. The molecular formula is C24H27N5O4. The van der Waals surface area contributed by atoms with E-state index in [1.165, 1.54) is 6.33 Å². The topological polar surface area (TPSA) is 107 Å². The van der Waals surface area contributed by atoms with Gasteiger partial charge in [-0.3, -0.25) is 14.3 Å². The van der Waals surface area contributed by atoms with Crippen molar-refractivity contribution in [2.45, 2.75) is 32.5 Å². The Hall–Kier alpha value is -3.88. The van der Waals surface area contributed by atoms with E-state index in [4.69, 9.17) is 9.47 Å². The Kier molecular flexibility index (Phi) is 6.87. The lowest BCUT2D eigenvalue weighted by Crippen LogP contribution is -2.51. The van der Waals surface area contributed by atoms with E-state index in [0.29, 0.717) is 36.8 Å². The highest BCUT2D eigenvalue weighted by molar-refractivity contribution is 6.00. The molecule has 2 atom stereocenters. The first kappa shape index (κ1) is 22.3. The van der Waals surface area contributed by atoms with Crippen LogP contribution in [0.25, 0.3) is 0 Å². The van der Waals surface area contributed by atoms with Crippen LogP contribution in [0.2, 0.25) is 0 Å². The molecule has 0 fully saturated rings. The first-order chi connectivity index (χ1) is 16.0. The van der Waals surface area contributed by atoms with E-state index in [-0.39, 0.29) is 17.9 Å². The summed E-state index contributed by atoms with van der Waals surface area (Å²) in [5.74, 6) is 0.107. The summed E-state index contributed by atoms with van der Waals surface area (Å²) in [7, 11) is 0. The maximum Gasteiger partial charge on any atom is 0.255 e. The fourth-order valence-corrected chi connectivity index (χ4v) is 3.70. The van der Waals surface area contributed by atoms with E-state index in [1.54, 1.807) is 29.2 Å². The van der Waals surface area contributed by atoms with Crippen LogP contribution in [0.3, 0.4) is 0 Å². The van der Waals surface area contributed by atoms with Crippen LogP contribution in [-0.4, -0.2) is 45.8 Å². The van der Waals surface area contributed by atoms with Gasteiger partial charge in [-0.25, -0.2) is 4.98 Å². The van der Waals surface area contributed by atoms with Crippen molar-refractivity contribution < 1.29 is 19.1 Å². The zero-order valence-electron chi connectivity index (χ0n) is 18.6. The Morgan fingerprint density at radius 2 is 1.82 bits per heavy atom. The molecule has 2 heterocycles. The Labute approximate surface area is 192 Å². The van der Waals surface area contributed by atoms with Gasteiger partial charge in [-0.1, -0.05) is 50.2 Å². The van der Waals surface area contributed by atoms with Crippen molar-refractivity contribution in [3.8, 4) is 11.5 Å². The zero-order valence-corrected chi connectivity index (χ0v) is 18.6. The molecule has 0 saturated heterocycles. The standard InChI is InChI=1S/C24H27N5O4/c1-16(2)21(28-23(30)18-9-6-10-20-22(18)33-12-11-32-20)24(31)27-19(13-29-15-25-14-26-29)17-7-4-3-5-8-17/h3-10,14-16,19,21H,11-13H2,1-2H3,(H,27,31)(H,28,30)/t19-,21-/m0/s1. The molecule has 0 aliphatic carbocycles. The van der Waals surface area contributed by atoms with Crippen LogP contribution in [-0.2, 0) is 11.3 Å². The van der Waals surface area contributed by atoms with E-state index in [9.17, 15) is 9.59 Å². The lowest BCUT2D eigenvalue weighted by atomic mass is 10.0. The van der Waals surface area contributed by atoms with Gasteiger partial charge in [-0.15, -0.1) is 0 Å². The average molecular weight is 450 g/mol. The Morgan fingerprint density at radius 1 is 1.03 bits per heavy atom. The van der Waals surface area contributed by atoms with Crippen LogP contribution in [0.15, 0.2) is 61.2 Å². The van der Waals surface area contributed by atoms with Crippen LogP contribution in [0, 0.1) is 5.92 Å². The maximum atomic E-state index is 13.3. The molecule has 3 aromatic rings. The average Bonchev–Trinajstić information content (AvgIpc) is 3.35. The molecule has 2 amide bonds. The van der Waals surface area contributed by atoms with Crippen molar-refractivity contribution in [1.29, 1.82) is 0 Å². The monoisotopic (exact) mass is 449 g/mol. The van der Waals surface area contributed by atoms with E-state index in [2.05, 4.69) is 20.7 Å². The molecule has 33 heavy (non-hydrogen) atoms. The van der Waals surface area contributed by atoms with Crippen molar-refractivity contribution >= 4 is 11.8 Å². The number of hydrogen-bond donors (Lipinski definition) is 2. The molecule has 2 aromatic carbocycles. The highest BCUT2D eigenvalue weighted by Crippen LogP contribution is 2.33. The summed E-state index contributed by atoms with van der Waals surface area (Å²) in [4.78, 5) is 30.4. The third kappa shape index (κ3) is 5.31. The number of aromatic nitrogens is 3. The predicted octanol–water partition coefficient (Wildman–Crippen LogP) is 2.36. The van der Waals surface area contributed by atoms with Gasteiger partial charge in [-0.05, 0) is 23.6 Å². The summed E-state index contributed by atoms with van der Waals surface area (Å²) in [6.07, 6.45) is 3.05. The number of benzene rings is 2. The molecule has 1 aliphatic rings. The number of nitrogens with one attached hydrogen (secondary N) is 2. The van der Waals surface area contributed by atoms with Crippen LogP contribution in [0.5, 0.6) is 11.5 Å². The highest BCUT2D eigenvalue weighted by atomic mass is 16.6. The van der Waals surface area contributed by atoms with Gasteiger partial charge in [0.2, 0.25) is 5.91 Å². The quantitative estimate of drug-likeness (QED) is 0.547. The number of fused-ring (bicyclic) bond motifs is 1. The van der Waals surface area contributed by atoms with Crippen molar-refractivity contribution in [2.24, 2.45) is 5.92 Å². The fourth-order valence-electron chi connectivity index (χ4n) is 3.70. The first-order valence-corrected chi connectivity index (χ1v) is 10.9. The fraction of sp³-hybridized carbons (Fsp3) is 0.333. The van der Waals surface area contributed by atoms with Crippen molar-refractivity contribution in [1.82, 2.24) is 25.4 Å². The minimum Gasteiger partial charge on any atom is -0.486 e. The maximum absolute atomic E-state index is 13.3. The molecule has 0 radical (unpaired) electrons. The second-order valence-electron chi connectivity index (χ2n) is 8.11. The van der Waals surface area contributed by atoms with Crippen molar-refractivity contribution in [3.63, 3.8) is 0 Å². The molecule has 0 saturated carbocycles. The lowest BCUT2D eigenvalue weighted by molar-refractivity contribution is -0.124. The molecule has 1 aromatic heterocycles. The second-order valence-corrected chi connectivity index (χ2v) is 8.11. The number of hydrogen-bond acceptors (Lipinski definition) is 6. The number of nitrogens with zero attached hydrogens (tertiary/aromatic N) is 3. The number of amides is 2. The van der Waals surface area contributed by atoms with Gasteiger partial charge >= 0.3 is 0 Å². The summed E-state index contributed by atoms with van der Waals surface area (Å²) in [5.41, 5.74) is 1.27. The van der Waals surface area contributed by atoms with Gasteiger partial charge in [0.1, 0.15) is 31.9 Å². The largest absolute Gasteiger partial charge is 0.486 e. The zero-order chi connectivity index (χ0) is 23.2. The van der Waals surface area contributed by atoms with E-state index in [0.717, 1.165) is 5.56 Å². The summed E-state index contributed by atoms with van der Waals surface area (Å²) in [6, 6.07) is 13.7. The Balaban J connectivity index is 1.52. The number of rotatable bonds is 8. The van der Waals surface area contributed by atoms with Gasteiger partial charge in [-0.2, -0.15) is 5.10 Å². The molecule has 0 bridgehead atoms. The second kappa shape index (κ2) is 10.2. The lowest BCUT2D eigenvalue weighted by Gasteiger charge is -2.27. The van der Waals surface area contributed by atoms with Crippen molar-refractivity contribution in [2.75, 3.05) is 13.2 Å². The summed E-state index contributed by atoms with van der Waals surface area (Å²) in [6.45, 7) is 4.99. The predicted molar refractivity (Wildman–Crippen MR) is 121 cm³/mol. The van der Waals surface area contributed by atoms with E-state index < -0.39 is 11.9 Å². The molecule has 2 N–H and O–H groups in total. The molecule has 9 heteroatoms. The van der Waals surface area contributed by atoms with Crippen LogP contribution in [0.1, 0.15) is 35.8 Å². The van der Waals surface area contributed by atoms with Gasteiger partial charge in [0, 0.05) is 0 Å². The highest BCUT2D eigenvalue weighted by Gasteiger charge is 2.29. The Bertz CT molecular complexity index is 1090. The third-order valence-corrected chi connectivity index (χ3v) is 5.40. The molecule has 0 unspecified atom stereocenters. The minimum absolute atomic E-state index is 0.145.